The number of aryl methyl sites for hydroxylation is 2. The first kappa shape index (κ1) is 13.7. The first-order chi connectivity index (χ1) is 5.83. The fraction of sp³-hybridized carbons (Fsp3) is 0.778. The summed E-state index contributed by atoms with van der Waals surface area (Å²) < 4.78 is 0. The molecule has 0 radical (unpaired) electrons. The van der Waals surface area contributed by atoms with Crippen molar-refractivity contribution in [1.29, 1.82) is 0 Å². The van der Waals surface area contributed by atoms with Crippen molar-refractivity contribution < 1.29 is 0 Å². The summed E-state index contributed by atoms with van der Waals surface area (Å²) in [5, 5.41) is 7.97. The van der Waals surface area contributed by atoms with Crippen LogP contribution in [0.15, 0.2) is 6.20 Å². The molecule has 0 fully saturated rings. The van der Waals surface area contributed by atoms with Crippen LogP contribution in [0.2, 0.25) is 0 Å². The highest BCUT2D eigenvalue weighted by Crippen LogP contribution is 1.84. The van der Waals surface area contributed by atoms with Crippen LogP contribution in [0.4, 0.5) is 0 Å². The van der Waals surface area contributed by atoms with Crippen molar-refractivity contribution in [3.8, 4) is 0 Å². The SMILES string of the molecule is CC.CC.CCn1ncc(C)n1. The van der Waals surface area contributed by atoms with Gasteiger partial charge in [-0.25, -0.2) is 0 Å². The first-order valence-corrected chi connectivity index (χ1v) is 4.69. The molecule has 0 unspecified atom stereocenters. The van der Waals surface area contributed by atoms with E-state index in [0.717, 1.165) is 12.2 Å². The molecule has 3 nitrogen and oxygen atoms in total. The average Bonchev–Trinajstić information content (AvgIpc) is 2.58. The molecule has 1 heterocycles. The van der Waals surface area contributed by atoms with Gasteiger partial charge in [0.15, 0.2) is 0 Å². The minimum Gasteiger partial charge on any atom is -0.185 e. The van der Waals surface area contributed by atoms with E-state index in [1.165, 1.54) is 0 Å². The molecule has 1 aromatic heterocycles. The van der Waals surface area contributed by atoms with E-state index in [4.69, 9.17) is 0 Å². The summed E-state index contributed by atoms with van der Waals surface area (Å²) in [5.41, 5.74) is 0.979. The van der Waals surface area contributed by atoms with E-state index in [1.807, 2.05) is 41.5 Å². The Morgan fingerprint density at radius 1 is 1.25 bits per heavy atom. The standard InChI is InChI=1S/C5H9N3.2C2H6/c1-3-8-6-4-5(2)7-8;2*1-2/h4H,3H2,1-2H3;2*1-2H3. The van der Waals surface area contributed by atoms with Gasteiger partial charge in [0.25, 0.3) is 0 Å². The van der Waals surface area contributed by atoms with Gasteiger partial charge in [-0.15, -0.1) is 0 Å². The highest BCUT2D eigenvalue weighted by atomic mass is 15.5. The van der Waals surface area contributed by atoms with Gasteiger partial charge in [0, 0.05) is 0 Å². The zero-order valence-corrected chi connectivity index (χ0v) is 9.13. The third-order valence-corrected chi connectivity index (χ3v) is 0.934. The van der Waals surface area contributed by atoms with Crippen LogP contribution in [-0.2, 0) is 6.54 Å². The van der Waals surface area contributed by atoms with E-state index in [1.54, 1.807) is 11.0 Å². The van der Waals surface area contributed by atoms with Gasteiger partial charge in [0.2, 0.25) is 0 Å². The van der Waals surface area contributed by atoms with Crippen LogP contribution in [0.3, 0.4) is 0 Å². The van der Waals surface area contributed by atoms with Crippen LogP contribution in [-0.4, -0.2) is 15.0 Å². The Bertz CT molecular complexity index is 170. The zero-order chi connectivity index (χ0) is 9.98. The second-order valence-corrected chi connectivity index (χ2v) is 1.67. The Morgan fingerprint density at radius 2 is 1.75 bits per heavy atom. The molecule has 12 heavy (non-hydrogen) atoms. The molecular formula is C9H21N3. The van der Waals surface area contributed by atoms with E-state index in [2.05, 4.69) is 10.2 Å². The molecule has 0 aromatic carbocycles. The Morgan fingerprint density at radius 3 is 1.92 bits per heavy atom. The highest BCUT2D eigenvalue weighted by Gasteiger charge is 1.87. The molecule has 0 amide bonds. The summed E-state index contributed by atoms with van der Waals surface area (Å²) in [5.74, 6) is 0. The van der Waals surface area contributed by atoms with E-state index < -0.39 is 0 Å². The number of hydrogen-bond donors (Lipinski definition) is 0. The second-order valence-electron chi connectivity index (χ2n) is 1.67. The molecule has 0 atom stereocenters. The summed E-state index contributed by atoms with van der Waals surface area (Å²) in [7, 11) is 0. The predicted octanol–water partition coefficient (Wildman–Crippen LogP) is 2.66. The molecule has 3 heteroatoms. The third kappa shape index (κ3) is 5.89. The van der Waals surface area contributed by atoms with Gasteiger partial charge < -0.3 is 0 Å². The lowest BCUT2D eigenvalue weighted by atomic mass is 10.6. The summed E-state index contributed by atoms with van der Waals surface area (Å²) >= 11 is 0. The van der Waals surface area contributed by atoms with E-state index in [9.17, 15) is 0 Å². The fourth-order valence-corrected chi connectivity index (χ4v) is 0.536. The van der Waals surface area contributed by atoms with E-state index >= 15 is 0 Å². The van der Waals surface area contributed by atoms with Crippen molar-refractivity contribution in [2.45, 2.75) is 48.1 Å². The van der Waals surface area contributed by atoms with Crippen LogP contribution < -0.4 is 0 Å². The first-order valence-electron chi connectivity index (χ1n) is 4.69. The van der Waals surface area contributed by atoms with Gasteiger partial charge in [0.1, 0.15) is 0 Å². The Kier molecular flexibility index (Phi) is 11.6. The lowest BCUT2D eigenvalue weighted by molar-refractivity contribution is 0.566. The van der Waals surface area contributed by atoms with Crippen LogP contribution >= 0.6 is 0 Å². The average molecular weight is 171 g/mol. The number of aromatic nitrogens is 3. The summed E-state index contributed by atoms with van der Waals surface area (Å²) in [6, 6.07) is 0. The molecule has 1 aromatic rings. The van der Waals surface area contributed by atoms with Crippen molar-refractivity contribution in [1.82, 2.24) is 15.0 Å². The van der Waals surface area contributed by atoms with Gasteiger partial charge >= 0.3 is 0 Å². The number of nitrogens with zero attached hydrogens (tertiary/aromatic N) is 3. The Balaban J connectivity index is 0. The summed E-state index contributed by atoms with van der Waals surface area (Å²) in [6.07, 6.45) is 1.75. The van der Waals surface area contributed by atoms with Gasteiger partial charge in [-0.05, 0) is 13.8 Å². The topological polar surface area (TPSA) is 30.7 Å². The van der Waals surface area contributed by atoms with Crippen molar-refractivity contribution in [3.05, 3.63) is 11.9 Å². The molecule has 0 saturated carbocycles. The molecule has 1 rings (SSSR count). The maximum Gasteiger partial charge on any atom is 0.0796 e. The van der Waals surface area contributed by atoms with Crippen LogP contribution in [0, 0.1) is 6.92 Å². The van der Waals surface area contributed by atoms with Crippen molar-refractivity contribution in [2.75, 3.05) is 0 Å². The molecule has 72 valence electrons. The normalized spacial score (nSPS) is 7.50. The minimum atomic E-state index is 0.855. The van der Waals surface area contributed by atoms with Crippen LogP contribution in [0.25, 0.3) is 0 Å². The van der Waals surface area contributed by atoms with Gasteiger partial charge in [-0.1, -0.05) is 27.7 Å². The molecule has 0 N–H and O–H groups in total. The highest BCUT2D eigenvalue weighted by molar-refractivity contribution is 4.84. The summed E-state index contributed by atoms with van der Waals surface area (Å²) in [4.78, 5) is 1.66. The second kappa shape index (κ2) is 10.1. The predicted molar refractivity (Wildman–Crippen MR) is 53.1 cm³/mol. The maximum atomic E-state index is 4.03. The van der Waals surface area contributed by atoms with E-state index in [-0.39, 0.29) is 0 Å². The molecular weight excluding hydrogens is 150 g/mol. The maximum absolute atomic E-state index is 4.03. The molecule has 0 spiro atoms. The van der Waals surface area contributed by atoms with Gasteiger partial charge in [0.05, 0.1) is 18.4 Å². The summed E-state index contributed by atoms with van der Waals surface area (Å²) in [6.45, 7) is 12.8. The number of hydrogen-bond acceptors (Lipinski definition) is 2. The van der Waals surface area contributed by atoms with Crippen molar-refractivity contribution >= 4 is 0 Å². The van der Waals surface area contributed by atoms with Crippen LogP contribution in [0.1, 0.15) is 40.3 Å². The smallest absolute Gasteiger partial charge is 0.0796 e. The quantitative estimate of drug-likeness (QED) is 0.650. The minimum absolute atomic E-state index is 0.855. The molecule has 0 saturated heterocycles. The monoisotopic (exact) mass is 171 g/mol. The largest absolute Gasteiger partial charge is 0.185 e. The molecule has 0 aliphatic rings. The third-order valence-electron chi connectivity index (χ3n) is 0.934. The van der Waals surface area contributed by atoms with Crippen LogP contribution in [0.5, 0.6) is 0 Å². The van der Waals surface area contributed by atoms with Crippen molar-refractivity contribution in [2.24, 2.45) is 0 Å². The van der Waals surface area contributed by atoms with Gasteiger partial charge in [-0.2, -0.15) is 15.0 Å². The molecule has 0 aliphatic heterocycles. The number of rotatable bonds is 1. The zero-order valence-electron chi connectivity index (χ0n) is 9.13. The van der Waals surface area contributed by atoms with Crippen molar-refractivity contribution in [3.63, 3.8) is 0 Å². The lowest BCUT2D eigenvalue weighted by Crippen LogP contribution is -1.97. The Labute approximate surface area is 75.8 Å². The Hall–Kier alpha value is -0.860. The fourth-order valence-electron chi connectivity index (χ4n) is 0.536. The van der Waals surface area contributed by atoms with E-state index in [0.29, 0.717) is 0 Å². The molecule has 0 bridgehead atoms. The lowest BCUT2D eigenvalue weighted by Gasteiger charge is -1.86. The van der Waals surface area contributed by atoms with Gasteiger partial charge in [-0.3, -0.25) is 0 Å². The molecule has 0 aliphatic carbocycles.